The van der Waals surface area contributed by atoms with Crippen molar-refractivity contribution in [2.75, 3.05) is 12.1 Å². The van der Waals surface area contributed by atoms with Gasteiger partial charge in [-0.1, -0.05) is 0 Å². The zero-order chi connectivity index (χ0) is 15.7. The Balaban J connectivity index is 1.79. The van der Waals surface area contributed by atoms with Crippen LogP contribution in [0.2, 0.25) is 0 Å². The number of carbonyl (C=O) groups excluding carboxylic acids is 1. The topological polar surface area (TPSA) is 82.5 Å². The Morgan fingerprint density at radius 2 is 2.05 bits per heavy atom. The molecular formula is C15H15N3O4. The Labute approximate surface area is 126 Å². The molecular weight excluding hydrogens is 286 g/mol. The monoisotopic (exact) mass is 301 g/mol. The molecule has 0 fully saturated rings. The summed E-state index contributed by atoms with van der Waals surface area (Å²) in [6.07, 6.45) is 0. The molecule has 0 spiro atoms. The second-order valence-electron chi connectivity index (χ2n) is 4.99. The first kappa shape index (κ1) is 14.1. The van der Waals surface area contributed by atoms with Gasteiger partial charge in [-0.3, -0.25) is 9.59 Å². The molecule has 114 valence electrons. The summed E-state index contributed by atoms with van der Waals surface area (Å²) < 4.78 is 11.6. The summed E-state index contributed by atoms with van der Waals surface area (Å²) in [5.41, 5.74) is 0.920. The van der Waals surface area contributed by atoms with Gasteiger partial charge in [-0.2, -0.15) is 5.10 Å². The standard InChI is InChI=1S/C15H15N3O4/c1-9-3-6-14(19)18(17-9)10(2)15(20)16-11-4-5-12-13(7-11)22-8-21-12/h3-7,10H,8H2,1-2H3,(H,16,20). The number of amides is 1. The molecule has 1 aromatic heterocycles. The second-order valence-corrected chi connectivity index (χ2v) is 4.99. The zero-order valence-corrected chi connectivity index (χ0v) is 12.2. The van der Waals surface area contributed by atoms with Crippen molar-refractivity contribution in [3.8, 4) is 11.5 Å². The highest BCUT2D eigenvalue weighted by molar-refractivity contribution is 5.93. The van der Waals surface area contributed by atoms with Crippen molar-refractivity contribution < 1.29 is 14.3 Å². The van der Waals surface area contributed by atoms with Gasteiger partial charge in [0.1, 0.15) is 6.04 Å². The van der Waals surface area contributed by atoms with Crippen LogP contribution >= 0.6 is 0 Å². The van der Waals surface area contributed by atoms with Crippen LogP contribution in [0.1, 0.15) is 18.7 Å². The molecule has 3 rings (SSSR count). The number of nitrogens with one attached hydrogen (secondary N) is 1. The summed E-state index contributed by atoms with van der Waals surface area (Å²) in [4.78, 5) is 24.1. The van der Waals surface area contributed by atoms with E-state index in [2.05, 4.69) is 10.4 Å². The van der Waals surface area contributed by atoms with Gasteiger partial charge >= 0.3 is 0 Å². The van der Waals surface area contributed by atoms with E-state index < -0.39 is 6.04 Å². The lowest BCUT2D eigenvalue weighted by Gasteiger charge is -2.14. The van der Waals surface area contributed by atoms with Gasteiger partial charge in [0.15, 0.2) is 11.5 Å². The molecule has 0 saturated heterocycles. The molecule has 1 aliphatic heterocycles. The molecule has 7 heteroatoms. The lowest BCUT2D eigenvalue weighted by atomic mass is 10.2. The molecule has 2 heterocycles. The van der Waals surface area contributed by atoms with Gasteiger partial charge in [-0.05, 0) is 32.0 Å². The first-order valence-electron chi connectivity index (χ1n) is 6.81. The predicted molar refractivity (Wildman–Crippen MR) is 79.1 cm³/mol. The zero-order valence-electron chi connectivity index (χ0n) is 12.2. The number of aryl methyl sites for hydroxylation is 1. The van der Waals surface area contributed by atoms with Crippen molar-refractivity contribution >= 4 is 11.6 Å². The lowest BCUT2D eigenvalue weighted by molar-refractivity contribution is -0.119. The van der Waals surface area contributed by atoms with E-state index in [1.165, 1.54) is 6.07 Å². The molecule has 1 aromatic carbocycles. The van der Waals surface area contributed by atoms with Gasteiger partial charge in [0.25, 0.3) is 5.56 Å². The van der Waals surface area contributed by atoms with Crippen molar-refractivity contribution in [1.82, 2.24) is 9.78 Å². The van der Waals surface area contributed by atoms with Crippen LogP contribution in [-0.2, 0) is 4.79 Å². The van der Waals surface area contributed by atoms with Crippen LogP contribution in [0.25, 0.3) is 0 Å². The van der Waals surface area contributed by atoms with Gasteiger partial charge in [0, 0.05) is 17.8 Å². The third-order valence-corrected chi connectivity index (χ3v) is 3.34. The van der Waals surface area contributed by atoms with Crippen LogP contribution in [0.5, 0.6) is 11.5 Å². The average Bonchev–Trinajstić information content (AvgIpc) is 2.96. The highest BCUT2D eigenvalue weighted by Crippen LogP contribution is 2.34. The molecule has 2 aromatic rings. The Morgan fingerprint density at radius 1 is 1.27 bits per heavy atom. The van der Waals surface area contributed by atoms with E-state index in [1.807, 2.05) is 0 Å². The van der Waals surface area contributed by atoms with Gasteiger partial charge in [0.2, 0.25) is 12.7 Å². The van der Waals surface area contributed by atoms with E-state index in [0.717, 1.165) is 4.68 Å². The fourth-order valence-corrected chi connectivity index (χ4v) is 2.13. The van der Waals surface area contributed by atoms with Crippen LogP contribution in [-0.4, -0.2) is 22.5 Å². The lowest BCUT2D eigenvalue weighted by Crippen LogP contribution is -2.33. The smallest absolute Gasteiger partial charge is 0.267 e. The molecule has 1 N–H and O–H groups in total. The van der Waals surface area contributed by atoms with E-state index in [1.54, 1.807) is 38.1 Å². The Morgan fingerprint density at radius 3 is 2.86 bits per heavy atom. The van der Waals surface area contributed by atoms with Crippen LogP contribution in [0.3, 0.4) is 0 Å². The maximum Gasteiger partial charge on any atom is 0.267 e. The summed E-state index contributed by atoms with van der Waals surface area (Å²) in [6.45, 7) is 3.56. The second kappa shape index (κ2) is 5.51. The SMILES string of the molecule is Cc1ccc(=O)n(C(C)C(=O)Nc2ccc3c(c2)OCO3)n1. The predicted octanol–water partition coefficient (Wildman–Crippen LogP) is 1.48. The number of ether oxygens (including phenoxy) is 2. The quantitative estimate of drug-likeness (QED) is 0.928. The van der Waals surface area contributed by atoms with Crippen molar-refractivity contribution in [3.05, 3.63) is 46.4 Å². The summed E-state index contributed by atoms with van der Waals surface area (Å²) in [7, 11) is 0. The highest BCUT2D eigenvalue weighted by atomic mass is 16.7. The number of fused-ring (bicyclic) bond motifs is 1. The van der Waals surface area contributed by atoms with E-state index in [-0.39, 0.29) is 18.3 Å². The molecule has 0 aliphatic carbocycles. The highest BCUT2D eigenvalue weighted by Gasteiger charge is 2.19. The number of nitrogens with zero attached hydrogens (tertiary/aromatic N) is 2. The number of hydrogen-bond donors (Lipinski definition) is 1. The summed E-state index contributed by atoms with van der Waals surface area (Å²) in [5.74, 6) is 0.887. The summed E-state index contributed by atoms with van der Waals surface area (Å²) >= 11 is 0. The van der Waals surface area contributed by atoms with E-state index in [9.17, 15) is 9.59 Å². The fourth-order valence-electron chi connectivity index (χ4n) is 2.13. The van der Waals surface area contributed by atoms with Gasteiger partial charge in [-0.25, -0.2) is 4.68 Å². The average molecular weight is 301 g/mol. The largest absolute Gasteiger partial charge is 0.454 e. The minimum atomic E-state index is -0.724. The van der Waals surface area contributed by atoms with Crippen molar-refractivity contribution in [3.63, 3.8) is 0 Å². The number of hydrogen-bond acceptors (Lipinski definition) is 5. The van der Waals surface area contributed by atoms with Gasteiger partial charge in [-0.15, -0.1) is 0 Å². The van der Waals surface area contributed by atoms with Crippen molar-refractivity contribution in [1.29, 1.82) is 0 Å². The van der Waals surface area contributed by atoms with Crippen molar-refractivity contribution in [2.45, 2.75) is 19.9 Å². The Hall–Kier alpha value is -2.83. The first-order chi connectivity index (χ1) is 10.5. The van der Waals surface area contributed by atoms with E-state index in [4.69, 9.17) is 9.47 Å². The minimum absolute atomic E-state index is 0.172. The third-order valence-electron chi connectivity index (χ3n) is 3.34. The summed E-state index contributed by atoms with van der Waals surface area (Å²) in [6, 6.07) is 7.40. The number of benzene rings is 1. The Bertz CT molecular complexity index is 785. The minimum Gasteiger partial charge on any atom is -0.454 e. The molecule has 1 atom stereocenters. The maximum absolute atomic E-state index is 12.3. The van der Waals surface area contributed by atoms with Crippen LogP contribution < -0.4 is 20.3 Å². The molecule has 0 bridgehead atoms. The first-order valence-corrected chi connectivity index (χ1v) is 6.81. The van der Waals surface area contributed by atoms with Gasteiger partial charge in [0.05, 0.1) is 5.69 Å². The normalized spacial score (nSPS) is 13.7. The Kier molecular flexibility index (Phi) is 3.54. The van der Waals surface area contributed by atoms with Crippen LogP contribution in [0, 0.1) is 6.92 Å². The fraction of sp³-hybridized carbons (Fsp3) is 0.267. The van der Waals surface area contributed by atoms with Crippen molar-refractivity contribution in [2.24, 2.45) is 0 Å². The maximum atomic E-state index is 12.3. The van der Waals surface area contributed by atoms with E-state index in [0.29, 0.717) is 22.9 Å². The molecule has 1 aliphatic rings. The molecule has 0 saturated carbocycles. The molecule has 1 unspecified atom stereocenters. The number of aromatic nitrogens is 2. The number of anilines is 1. The molecule has 0 radical (unpaired) electrons. The van der Waals surface area contributed by atoms with E-state index >= 15 is 0 Å². The molecule has 22 heavy (non-hydrogen) atoms. The van der Waals surface area contributed by atoms with Gasteiger partial charge < -0.3 is 14.8 Å². The third kappa shape index (κ3) is 2.65. The van der Waals surface area contributed by atoms with Crippen LogP contribution in [0.15, 0.2) is 35.1 Å². The molecule has 1 amide bonds. The number of carbonyl (C=O) groups is 1. The summed E-state index contributed by atoms with van der Waals surface area (Å²) in [5, 5.41) is 6.83. The van der Waals surface area contributed by atoms with Crippen LogP contribution in [0.4, 0.5) is 5.69 Å². The molecule has 7 nitrogen and oxygen atoms in total. The number of rotatable bonds is 3.